The maximum atomic E-state index is 11.0. The van der Waals surface area contributed by atoms with Crippen molar-refractivity contribution in [2.24, 2.45) is 0 Å². The molecular formula is C20H19N3O2. The number of anilines is 2. The average molecular weight is 333 g/mol. The summed E-state index contributed by atoms with van der Waals surface area (Å²) in [4.78, 5) is 19.6. The van der Waals surface area contributed by atoms with Gasteiger partial charge in [-0.05, 0) is 56.2 Å². The number of ether oxygens (including phenoxy) is 1. The van der Waals surface area contributed by atoms with E-state index in [1.54, 1.807) is 24.4 Å². The van der Waals surface area contributed by atoms with Crippen molar-refractivity contribution in [3.63, 3.8) is 0 Å². The van der Waals surface area contributed by atoms with Gasteiger partial charge in [-0.2, -0.15) is 4.98 Å². The molecule has 0 saturated carbocycles. The fourth-order valence-electron chi connectivity index (χ4n) is 2.54. The maximum absolute atomic E-state index is 11.0. The van der Waals surface area contributed by atoms with E-state index in [0.717, 1.165) is 23.1 Å². The van der Waals surface area contributed by atoms with Crippen molar-refractivity contribution in [2.75, 3.05) is 5.32 Å². The molecule has 5 heteroatoms. The number of benzene rings is 2. The molecule has 126 valence electrons. The zero-order valence-electron chi connectivity index (χ0n) is 14.4. The predicted molar refractivity (Wildman–Crippen MR) is 97.9 cm³/mol. The minimum absolute atomic E-state index is 0.440. The van der Waals surface area contributed by atoms with Gasteiger partial charge in [-0.15, -0.1) is 0 Å². The number of rotatable bonds is 5. The van der Waals surface area contributed by atoms with Crippen LogP contribution in [-0.4, -0.2) is 16.3 Å². The predicted octanol–water partition coefficient (Wildman–Crippen LogP) is 4.75. The third-order valence-corrected chi connectivity index (χ3v) is 3.76. The Morgan fingerprint density at radius 1 is 1.00 bits per heavy atom. The van der Waals surface area contributed by atoms with Gasteiger partial charge in [0, 0.05) is 23.5 Å². The first-order chi connectivity index (χ1) is 12.0. The van der Waals surface area contributed by atoms with Crippen LogP contribution in [0.3, 0.4) is 0 Å². The van der Waals surface area contributed by atoms with Crippen LogP contribution in [0.1, 0.15) is 27.0 Å². The van der Waals surface area contributed by atoms with Crippen LogP contribution in [0.5, 0.6) is 11.6 Å². The first kappa shape index (κ1) is 16.6. The van der Waals surface area contributed by atoms with Gasteiger partial charge < -0.3 is 10.1 Å². The molecule has 25 heavy (non-hydrogen) atoms. The summed E-state index contributed by atoms with van der Waals surface area (Å²) < 4.78 is 5.93. The SMILES string of the molecule is Cc1ccc(Nc2nccc(Oc3c(C)cc(C=O)cc3C)n2)cc1. The highest BCUT2D eigenvalue weighted by Gasteiger charge is 2.09. The van der Waals surface area contributed by atoms with Gasteiger partial charge >= 0.3 is 0 Å². The highest BCUT2D eigenvalue weighted by atomic mass is 16.5. The molecule has 3 aromatic rings. The number of aldehydes is 1. The summed E-state index contributed by atoms with van der Waals surface area (Å²) in [6.07, 6.45) is 2.47. The van der Waals surface area contributed by atoms with E-state index in [1.165, 1.54) is 5.56 Å². The van der Waals surface area contributed by atoms with Crippen LogP contribution < -0.4 is 10.1 Å². The van der Waals surface area contributed by atoms with Crippen molar-refractivity contribution in [1.82, 2.24) is 9.97 Å². The standard InChI is InChI=1S/C20H19N3O2/c1-13-4-6-17(7-5-13)22-20-21-9-8-18(23-20)25-19-14(2)10-16(12-24)11-15(19)3/h4-12H,1-3H3,(H,21,22,23). The average Bonchev–Trinajstić information content (AvgIpc) is 2.60. The molecule has 0 aliphatic heterocycles. The van der Waals surface area contributed by atoms with Crippen LogP contribution in [-0.2, 0) is 0 Å². The Morgan fingerprint density at radius 2 is 1.68 bits per heavy atom. The summed E-state index contributed by atoms with van der Waals surface area (Å²) >= 11 is 0. The zero-order chi connectivity index (χ0) is 17.8. The quantitative estimate of drug-likeness (QED) is 0.683. The molecule has 0 amide bonds. The number of hydrogen-bond donors (Lipinski definition) is 1. The number of aromatic nitrogens is 2. The van der Waals surface area contributed by atoms with E-state index in [4.69, 9.17) is 4.74 Å². The lowest BCUT2D eigenvalue weighted by atomic mass is 10.1. The molecule has 0 unspecified atom stereocenters. The first-order valence-corrected chi connectivity index (χ1v) is 7.96. The van der Waals surface area contributed by atoms with E-state index < -0.39 is 0 Å². The highest BCUT2D eigenvalue weighted by molar-refractivity contribution is 5.76. The van der Waals surface area contributed by atoms with Crippen molar-refractivity contribution in [3.8, 4) is 11.6 Å². The molecule has 0 saturated heterocycles. The van der Waals surface area contributed by atoms with Crippen molar-refractivity contribution in [2.45, 2.75) is 20.8 Å². The molecular weight excluding hydrogens is 314 g/mol. The first-order valence-electron chi connectivity index (χ1n) is 7.96. The van der Waals surface area contributed by atoms with E-state index in [2.05, 4.69) is 15.3 Å². The van der Waals surface area contributed by atoms with Crippen LogP contribution in [0.4, 0.5) is 11.6 Å². The number of hydrogen-bond acceptors (Lipinski definition) is 5. The Kier molecular flexibility index (Phi) is 4.75. The fourth-order valence-corrected chi connectivity index (χ4v) is 2.54. The maximum Gasteiger partial charge on any atom is 0.230 e. The molecule has 0 bridgehead atoms. The van der Waals surface area contributed by atoms with Gasteiger partial charge in [0.1, 0.15) is 12.0 Å². The second-order valence-electron chi connectivity index (χ2n) is 5.91. The van der Waals surface area contributed by atoms with E-state index in [1.807, 2.05) is 45.0 Å². The number of nitrogens with one attached hydrogen (secondary N) is 1. The summed E-state index contributed by atoms with van der Waals surface area (Å²) in [5.74, 6) is 1.60. The van der Waals surface area contributed by atoms with Crippen molar-refractivity contribution in [3.05, 3.63) is 70.9 Å². The molecule has 1 N–H and O–H groups in total. The summed E-state index contributed by atoms with van der Waals surface area (Å²) in [6.45, 7) is 5.85. The Morgan fingerprint density at radius 3 is 2.32 bits per heavy atom. The second-order valence-corrected chi connectivity index (χ2v) is 5.91. The van der Waals surface area contributed by atoms with E-state index in [-0.39, 0.29) is 0 Å². The number of aryl methyl sites for hydroxylation is 3. The smallest absolute Gasteiger partial charge is 0.230 e. The topological polar surface area (TPSA) is 64.1 Å². The minimum Gasteiger partial charge on any atom is -0.438 e. The normalized spacial score (nSPS) is 10.4. The lowest BCUT2D eigenvalue weighted by molar-refractivity contribution is 0.112. The van der Waals surface area contributed by atoms with Gasteiger partial charge in [0.05, 0.1) is 0 Å². The van der Waals surface area contributed by atoms with Crippen molar-refractivity contribution < 1.29 is 9.53 Å². The Hall–Kier alpha value is -3.21. The molecule has 0 spiro atoms. The third-order valence-electron chi connectivity index (χ3n) is 3.76. The summed E-state index contributed by atoms with van der Waals surface area (Å²) in [5.41, 5.74) is 4.49. The molecule has 3 rings (SSSR count). The lowest BCUT2D eigenvalue weighted by Gasteiger charge is -2.12. The molecule has 2 aromatic carbocycles. The largest absolute Gasteiger partial charge is 0.438 e. The summed E-state index contributed by atoms with van der Waals surface area (Å²) in [5, 5.41) is 3.16. The van der Waals surface area contributed by atoms with Gasteiger partial charge in [0.15, 0.2) is 0 Å². The monoisotopic (exact) mass is 333 g/mol. The van der Waals surface area contributed by atoms with Crippen LogP contribution in [0.15, 0.2) is 48.7 Å². The molecule has 0 fully saturated rings. The zero-order valence-corrected chi connectivity index (χ0v) is 14.4. The molecule has 0 aliphatic carbocycles. The molecule has 1 heterocycles. The van der Waals surface area contributed by atoms with Crippen molar-refractivity contribution >= 4 is 17.9 Å². The van der Waals surface area contributed by atoms with E-state index >= 15 is 0 Å². The Bertz CT molecular complexity index is 882. The van der Waals surface area contributed by atoms with Crippen molar-refractivity contribution in [1.29, 1.82) is 0 Å². The van der Waals surface area contributed by atoms with Gasteiger partial charge in [-0.25, -0.2) is 4.98 Å². The van der Waals surface area contributed by atoms with Crippen LogP contribution >= 0.6 is 0 Å². The van der Waals surface area contributed by atoms with Gasteiger partial charge in [0.2, 0.25) is 11.8 Å². The van der Waals surface area contributed by atoms with Crippen LogP contribution in [0.2, 0.25) is 0 Å². The fraction of sp³-hybridized carbons (Fsp3) is 0.150. The Balaban J connectivity index is 1.82. The number of nitrogens with zero attached hydrogens (tertiary/aromatic N) is 2. The second kappa shape index (κ2) is 7.13. The molecule has 1 aromatic heterocycles. The minimum atomic E-state index is 0.440. The third kappa shape index (κ3) is 4.01. The number of carbonyl (C=O) groups is 1. The Labute approximate surface area is 146 Å². The van der Waals surface area contributed by atoms with Gasteiger partial charge in [-0.3, -0.25) is 4.79 Å². The summed E-state index contributed by atoms with van der Waals surface area (Å²) in [6, 6.07) is 13.3. The molecule has 0 radical (unpaired) electrons. The van der Waals surface area contributed by atoms with Gasteiger partial charge in [0.25, 0.3) is 0 Å². The van der Waals surface area contributed by atoms with E-state index in [0.29, 0.717) is 23.1 Å². The number of carbonyl (C=O) groups excluding carboxylic acids is 1. The molecule has 0 atom stereocenters. The highest BCUT2D eigenvalue weighted by Crippen LogP contribution is 2.29. The van der Waals surface area contributed by atoms with E-state index in [9.17, 15) is 4.79 Å². The van der Waals surface area contributed by atoms with Gasteiger partial charge in [-0.1, -0.05) is 17.7 Å². The molecule has 5 nitrogen and oxygen atoms in total. The summed E-state index contributed by atoms with van der Waals surface area (Å²) in [7, 11) is 0. The molecule has 0 aliphatic rings. The lowest BCUT2D eigenvalue weighted by Crippen LogP contribution is -2.00. The van der Waals surface area contributed by atoms with Crippen LogP contribution in [0.25, 0.3) is 0 Å². The van der Waals surface area contributed by atoms with Crippen LogP contribution in [0, 0.1) is 20.8 Å².